The minimum atomic E-state index is 0.370. The third-order valence-corrected chi connectivity index (χ3v) is 3.06. The largest absolute Gasteiger partial charge is 0.494 e. The maximum atomic E-state index is 5.35. The van der Waals surface area contributed by atoms with Crippen LogP contribution in [-0.2, 0) is 6.54 Å². The molecule has 1 aromatic carbocycles. The van der Waals surface area contributed by atoms with E-state index in [4.69, 9.17) is 4.74 Å². The zero-order valence-corrected chi connectivity index (χ0v) is 12.7. The lowest BCUT2D eigenvalue weighted by molar-refractivity contribution is 0.410. The highest BCUT2D eigenvalue weighted by atomic mass is 79.9. The van der Waals surface area contributed by atoms with Gasteiger partial charge in [0, 0.05) is 10.5 Å². The van der Waals surface area contributed by atoms with Crippen molar-refractivity contribution in [3.05, 3.63) is 28.5 Å². The molecule has 0 fully saturated rings. The number of hydrogen-bond donors (Lipinski definition) is 1. The van der Waals surface area contributed by atoms with E-state index in [1.165, 1.54) is 0 Å². The number of halogens is 1. The van der Waals surface area contributed by atoms with Gasteiger partial charge in [-0.1, -0.05) is 29.8 Å². The summed E-state index contributed by atoms with van der Waals surface area (Å²) in [6, 6.07) is 6.09. The van der Waals surface area contributed by atoms with Crippen molar-refractivity contribution in [1.82, 2.24) is 25.5 Å². The molecule has 0 saturated carbocycles. The molecule has 1 heterocycles. The van der Waals surface area contributed by atoms with Crippen LogP contribution in [0, 0.1) is 0 Å². The summed E-state index contributed by atoms with van der Waals surface area (Å²) in [5.74, 6) is 1.46. The van der Waals surface area contributed by atoms with Crippen LogP contribution in [0.4, 0.5) is 0 Å². The van der Waals surface area contributed by atoms with E-state index in [1.54, 1.807) is 11.8 Å². The first-order valence-corrected chi connectivity index (χ1v) is 6.75. The topological polar surface area (TPSA) is 64.9 Å². The van der Waals surface area contributed by atoms with Gasteiger partial charge >= 0.3 is 0 Å². The molecule has 0 aliphatic heterocycles. The summed E-state index contributed by atoms with van der Waals surface area (Å²) in [7, 11) is 1.63. The van der Waals surface area contributed by atoms with E-state index in [0.717, 1.165) is 21.7 Å². The smallest absolute Gasteiger partial charge is 0.170 e. The summed E-state index contributed by atoms with van der Waals surface area (Å²) >= 11 is 3.44. The van der Waals surface area contributed by atoms with Crippen LogP contribution in [0.15, 0.2) is 22.7 Å². The molecule has 2 aromatic rings. The summed E-state index contributed by atoms with van der Waals surface area (Å²) in [5, 5.41) is 15.1. The van der Waals surface area contributed by atoms with Gasteiger partial charge in [-0.05, 0) is 28.6 Å². The molecule has 7 heteroatoms. The predicted octanol–water partition coefficient (Wildman–Crippen LogP) is 1.93. The van der Waals surface area contributed by atoms with Gasteiger partial charge in [0.2, 0.25) is 0 Å². The lowest BCUT2D eigenvalue weighted by atomic mass is 10.3. The van der Waals surface area contributed by atoms with E-state index in [-0.39, 0.29) is 0 Å². The Morgan fingerprint density at radius 1 is 1.42 bits per heavy atom. The molecule has 0 saturated heterocycles. The molecule has 19 heavy (non-hydrogen) atoms. The van der Waals surface area contributed by atoms with Gasteiger partial charge in [0.05, 0.1) is 13.7 Å². The van der Waals surface area contributed by atoms with Crippen LogP contribution in [-0.4, -0.2) is 33.4 Å². The van der Waals surface area contributed by atoms with Crippen LogP contribution >= 0.6 is 15.9 Å². The zero-order chi connectivity index (χ0) is 13.8. The molecule has 0 atom stereocenters. The molecule has 0 aliphatic carbocycles. The van der Waals surface area contributed by atoms with Gasteiger partial charge < -0.3 is 10.1 Å². The van der Waals surface area contributed by atoms with Gasteiger partial charge in [-0.25, -0.2) is 0 Å². The fourth-order valence-corrected chi connectivity index (χ4v) is 1.98. The highest BCUT2D eigenvalue weighted by Gasteiger charge is 2.13. The lowest BCUT2D eigenvalue weighted by Crippen LogP contribution is -2.24. The van der Waals surface area contributed by atoms with Crippen LogP contribution in [0.3, 0.4) is 0 Å². The van der Waals surface area contributed by atoms with E-state index < -0.39 is 0 Å². The predicted molar refractivity (Wildman–Crippen MR) is 75.4 cm³/mol. The maximum Gasteiger partial charge on any atom is 0.170 e. The summed E-state index contributed by atoms with van der Waals surface area (Å²) in [4.78, 5) is 0. The van der Waals surface area contributed by atoms with Crippen LogP contribution in [0.25, 0.3) is 5.69 Å². The first-order valence-electron chi connectivity index (χ1n) is 5.96. The highest BCUT2D eigenvalue weighted by Crippen LogP contribution is 2.26. The Balaban J connectivity index is 2.36. The Kier molecular flexibility index (Phi) is 4.49. The fourth-order valence-electron chi connectivity index (χ4n) is 1.63. The van der Waals surface area contributed by atoms with E-state index in [1.807, 2.05) is 18.2 Å². The molecule has 2 rings (SSSR count). The number of benzene rings is 1. The first kappa shape index (κ1) is 14.0. The highest BCUT2D eigenvalue weighted by molar-refractivity contribution is 9.10. The number of ether oxygens (including phenoxy) is 1. The Bertz CT molecular complexity index is 555. The van der Waals surface area contributed by atoms with Crippen molar-refractivity contribution in [1.29, 1.82) is 0 Å². The second kappa shape index (κ2) is 6.12. The maximum absolute atomic E-state index is 5.35. The number of tetrazole rings is 1. The van der Waals surface area contributed by atoms with Crippen molar-refractivity contribution in [3.8, 4) is 11.4 Å². The van der Waals surface area contributed by atoms with E-state index in [2.05, 4.69) is 50.6 Å². The standard InChI is InChI=1S/C12H16BrN5O/c1-8(2)14-7-12-15-16-17-18(12)10-6-9(13)4-5-11(10)19-3/h4-6,8,14H,7H2,1-3H3. The van der Waals surface area contributed by atoms with E-state index in [0.29, 0.717) is 12.6 Å². The minimum Gasteiger partial charge on any atom is -0.494 e. The van der Waals surface area contributed by atoms with Crippen LogP contribution in [0.1, 0.15) is 19.7 Å². The van der Waals surface area contributed by atoms with Gasteiger partial charge in [0.1, 0.15) is 11.4 Å². The summed E-state index contributed by atoms with van der Waals surface area (Å²) in [6.07, 6.45) is 0. The van der Waals surface area contributed by atoms with Crippen LogP contribution < -0.4 is 10.1 Å². The second-order valence-corrected chi connectivity index (χ2v) is 5.27. The summed E-state index contributed by atoms with van der Waals surface area (Å²) in [5.41, 5.74) is 0.808. The van der Waals surface area contributed by atoms with Crippen molar-refractivity contribution < 1.29 is 4.74 Å². The first-order chi connectivity index (χ1) is 9.11. The summed E-state index contributed by atoms with van der Waals surface area (Å²) < 4.78 is 7.97. The fraction of sp³-hybridized carbons (Fsp3) is 0.417. The zero-order valence-electron chi connectivity index (χ0n) is 11.1. The minimum absolute atomic E-state index is 0.370. The molecule has 0 aliphatic rings. The molecule has 1 N–H and O–H groups in total. The number of rotatable bonds is 5. The molecule has 0 spiro atoms. The third kappa shape index (κ3) is 3.30. The molecule has 0 bridgehead atoms. The quantitative estimate of drug-likeness (QED) is 0.910. The molecule has 6 nitrogen and oxygen atoms in total. The molecule has 1 aromatic heterocycles. The molecule has 0 radical (unpaired) electrons. The summed E-state index contributed by atoms with van der Waals surface area (Å²) in [6.45, 7) is 4.75. The van der Waals surface area contributed by atoms with Gasteiger partial charge in [0.15, 0.2) is 5.82 Å². The monoisotopic (exact) mass is 325 g/mol. The number of methoxy groups -OCH3 is 1. The number of nitrogens with one attached hydrogen (secondary N) is 1. The van der Waals surface area contributed by atoms with Crippen molar-refractivity contribution in [2.75, 3.05) is 7.11 Å². The lowest BCUT2D eigenvalue weighted by Gasteiger charge is -2.11. The average molecular weight is 326 g/mol. The van der Waals surface area contributed by atoms with Gasteiger partial charge in [0.25, 0.3) is 0 Å². The second-order valence-electron chi connectivity index (χ2n) is 4.36. The van der Waals surface area contributed by atoms with Crippen molar-refractivity contribution in [2.45, 2.75) is 26.4 Å². The Morgan fingerprint density at radius 2 is 2.21 bits per heavy atom. The van der Waals surface area contributed by atoms with E-state index in [9.17, 15) is 0 Å². The molecular weight excluding hydrogens is 310 g/mol. The van der Waals surface area contributed by atoms with Crippen molar-refractivity contribution in [2.24, 2.45) is 0 Å². The molecule has 0 amide bonds. The number of nitrogens with zero attached hydrogens (tertiary/aromatic N) is 4. The molecule has 0 unspecified atom stereocenters. The van der Waals surface area contributed by atoms with Gasteiger partial charge in [-0.2, -0.15) is 4.68 Å². The normalized spacial score (nSPS) is 11.0. The van der Waals surface area contributed by atoms with Crippen molar-refractivity contribution in [3.63, 3.8) is 0 Å². The third-order valence-electron chi connectivity index (χ3n) is 2.57. The van der Waals surface area contributed by atoms with Crippen LogP contribution in [0.2, 0.25) is 0 Å². The Morgan fingerprint density at radius 3 is 2.89 bits per heavy atom. The van der Waals surface area contributed by atoms with E-state index >= 15 is 0 Å². The molecule has 102 valence electrons. The average Bonchev–Trinajstić information content (AvgIpc) is 2.84. The van der Waals surface area contributed by atoms with Crippen LogP contribution in [0.5, 0.6) is 5.75 Å². The Labute approximate surface area is 120 Å². The van der Waals surface area contributed by atoms with Crippen molar-refractivity contribution >= 4 is 15.9 Å². The van der Waals surface area contributed by atoms with Gasteiger partial charge in [-0.15, -0.1) is 5.10 Å². The molecular formula is C12H16BrN5O. The van der Waals surface area contributed by atoms with Gasteiger partial charge in [-0.3, -0.25) is 0 Å². The number of aromatic nitrogens is 4. The SMILES string of the molecule is COc1ccc(Br)cc1-n1nnnc1CNC(C)C. The Hall–Kier alpha value is -1.47. The number of hydrogen-bond acceptors (Lipinski definition) is 5.